The fraction of sp³-hybridized carbons (Fsp3) is 0.333. The Labute approximate surface area is 176 Å². The highest BCUT2D eigenvalue weighted by Crippen LogP contribution is 2.42. The molecular formula is C24H27N3OS. The number of likely N-dealkylation sites (tertiary alicyclic amines) is 1. The van der Waals surface area contributed by atoms with Crippen LogP contribution < -0.4 is 5.32 Å². The van der Waals surface area contributed by atoms with Crippen LogP contribution in [-0.2, 0) is 0 Å². The fourth-order valence-corrected chi connectivity index (χ4v) is 5.15. The van der Waals surface area contributed by atoms with Crippen molar-refractivity contribution in [3.8, 4) is 0 Å². The van der Waals surface area contributed by atoms with Gasteiger partial charge in [-0.3, -0.25) is 14.7 Å². The molecule has 1 fully saturated rings. The standard InChI is InChI=1S/C24H27N3OS/c1-17-18(2)29-24(26-23(28)19-11-5-3-6-12-19)21(17)22(20-13-7-8-14-25-20)27-15-9-4-10-16-27/h3,5-8,11-14,22H,4,9-10,15-16H2,1-2H3,(H,26,28). The third-order valence-electron chi connectivity index (χ3n) is 5.69. The van der Waals surface area contributed by atoms with Gasteiger partial charge in [-0.1, -0.05) is 30.7 Å². The summed E-state index contributed by atoms with van der Waals surface area (Å²) < 4.78 is 0. The quantitative estimate of drug-likeness (QED) is 0.602. The lowest BCUT2D eigenvalue weighted by Gasteiger charge is -2.35. The molecular weight excluding hydrogens is 378 g/mol. The van der Waals surface area contributed by atoms with Gasteiger partial charge in [-0.05, 0) is 69.6 Å². The Kier molecular flexibility index (Phi) is 6.07. The SMILES string of the molecule is Cc1sc(NC(=O)c2ccccc2)c(C(c2ccccn2)N2CCCCC2)c1C. The summed E-state index contributed by atoms with van der Waals surface area (Å²) in [6, 6.07) is 15.6. The number of carbonyl (C=O) groups is 1. The molecule has 0 spiro atoms. The second-order valence-corrected chi connectivity index (χ2v) is 8.82. The number of benzene rings is 1. The van der Waals surface area contributed by atoms with Crippen LogP contribution in [0.1, 0.15) is 57.4 Å². The van der Waals surface area contributed by atoms with E-state index in [2.05, 4.69) is 36.2 Å². The van der Waals surface area contributed by atoms with Gasteiger partial charge in [0, 0.05) is 22.2 Å². The number of amides is 1. The number of pyridine rings is 1. The Morgan fingerprint density at radius 2 is 1.76 bits per heavy atom. The van der Waals surface area contributed by atoms with Gasteiger partial charge >= 0.3 is 0 Å². The molecule has 150 valence electrons. The lowest BCUT2D eigenvalue weighted by Crippen LogP contribution is -2.35. The maximum absolute atomic E-state index is 12.9. The first-order valence-corrected chi connectivity index (χ1v) is 11.1. The van der Waals surface area contributed by atoms with E-state index in [-0.39, 0.29) is 11.9 Å². The zero-order valence-corrected chi connectivity index (χ0v) is 17.8. The monoisotopic (exact) mass is 405 g/mol. The molecule has 3 heterocycles. The molecule has 0 radical (unpaired) electrons. The normalized spacial score (nSPS) is 15.8. The number of nitrogens with one attached hydrogen (secondary N) is 1. The van der Waals surface area contributed by atoms with Crippen molar-refractivity contribution in [3.63, 3.8) is 0 Å². The van der Waals surface area contributed by atoms with Gasteiger partial charge < -0.3 is 5.32 Å². The van der Waals surface area contributed by atoms with Crippen molar-refractivity contribution in [2.75, 3.05) is 18.4 Å². The van der Waals surface area contributed by atoms with E-state index in [0.29, 0.717) is 5.56 Å². The molecule has 0 bridgehead atoms. The van der Waals surface area contributed by atoms with Gasteiger partial charge in [0.25, 0.3) is 5.91 Å². The lowest BCUT2D eigenvalue weighted by molar-refractivity contribution is 0.102. The fourth-order valence-electron chi connectivity index (χ4n) is 4.06. The van der Waals surface area contributed by atoms with E-state index in [1.165, 1.54) is 35.3 Å². The van der Waals surface area contributed by atoms with E-state index in [9.17, 15) is 4.79 Å². The molecule has 3 aromatic rings. The number of carbonyl (C=O) groups excluding carboxylic acids is 1. The van der Waals surface area contributed by atoms with Crippen molar-refractivity contribution in [1.29, 1.82) is 0 Å². The number of anilines is 1. The number of piperidine rings is 1. The predicted octanol–water partition coefficient (Wildman–Crippen LogP) is 5.59. The van der Waals surface area contributed by atoms with E-state index in [1.807, 2.05) is 42.6 Å². The molecule has 1 aromatic carbocycles. The van der Waals surface area contributed by atoms with Crippen LogP contribution in [-0.4, -0.2) is 28.9 Å². The molecule has 4 nitrogen and oxygen atoms in total. The van der Waals surface area contributed by atoms with Crippen LogP contribution in [0.25, 0.3) is 0 Å². The number of nitrogens with zero attached hydrogens (tertiary/aromatic N) is 2. The number of hydrogen-bond donors (Lipinski definition) is 1. The molecule has 1 saturated heterocycles. The Morgan fingerprint density at radius 1 is 1.03 bits per heavy atom. The van der Waals surface area contributed by atoms with E-state index in [0.717, 1.165) is 23.8 Å². The third-order valence-corrected chi connectivity index (χ3v) is 6.83. The van der Waals surface area contributed by atoms with Gasteiger partial charge in [0.2, 0.25) is 0 Å². The largest absolute Gasteiger partial charge is 0.313 e. The molecule has 2 aromatic heterocycles. The number of hydrogen-bond acceptors (Lipinski definition) is 4. The first-order valence-electron chi connectivity index (χ1n) is 10.3. The summed E-state index contributed by atoms with van der Waals surface area (Å²) >= 11 is 1.66. The van der Waals surface area contributed by atoms with E-state index in [4.69, 9.17) is 4.98 Å². The van der Waals surface area contributed by atoms with Crippen LogP contribution in [0.4, 0.5) is 5.00 Å². The Morgan fingerprint density at radius 3 is 2.45 bits per heavy atom. The molecule has 1 aliphatic heterocycles. The zero-order chi connectivity index (χ0) is 20.2. The lowest BCUT2D eigenvalue weighted by atomic mass is 9.96. The highest BCUT2D eigenvalue weighted by atomic mass is 32.1. The van der Waals surface area contributed by atoms with Crippen molar-refractivity contribution in [3.05, 3.63) is 82.0 Å². The molecule has 5 heteroatoms. The summed E-state index contributed by atoms with van der Waals surface area (Å²) in [4.78, 5) is 21.4. The first-order chi connectivity index (χ1) is 14.1. The second-order valence-electron chi connectivity index (χ2n) is 7.60. The molecule has 1 unspecified atom stereocenters. The summed E-state index contributed by atoms with van der Waals surface area (Å²) in [5, 5.41) is 4.14. The number of rotatable bonds is 5. The van der Waals surface area contributed by atoms with Gasteiger partial charge in [0.1, 0.15) is 5.00 Å². The molecule has 1 amide bonds. The Hall–Kier alpha value is -2.50. The van der Waals surface area contributed by atoms with Crippen molar-refractivity contribution in [2.24, 2.45) is 0 Å². The summed E-state index contributed by atoms with van der Waals surface area (Å²) in [6.45, 7) is 6.41. The van der Waals surface area contributed by atoms with Crippen LogP contribution >= 0.6 is 11.3 Å². The van der Waals surface area contributed by atoms with Crippen molar-refractivity contribution in [1.82, 2.24) is 9.88 Å². The van der Waals surface area contributed by atoms with Crippen LogP contribution in [0.15, 0.2) is 54.7 Å². The average molecular weight is 406 g/mol. The maximum Gasteiger partial charge on any atom is 0.256 e. The topological polar surface area (TPSA) is 45.2 Å². The predicted molar refractivity (Wildman–Crippen MR) is 120 cm³/mol. The van der Waals surface area contributed by atoms with Gasteiger partial charge in [0.05, 0.1) is 11.7 Å². The average Bonchev–Trinajstić information content (AvgIpc) is 3.04. The minimum absolute atomic E-state index is 0.0625. The van der Waals surface area contributed by atoms with Gasteiger partial charge in [-0.15, -0.1) is 11.3 Å². The molecule has 1 atom stereocenters. The van der Waals surface area contributed by atoms with Crippen molar-refractivity contribution >= 4 is 22.2 Å². The van der Waals surface area contributed by atoms with Crippen LogP contribution in [0.3, 0.4) is 0 Å². The minimum Gasteiger partial charge on any atom is -0.313 e. The maximum atomic E-state index is 12.9. The highest BCUT2D eigenvalue weighted by molar-refractivity contribution is 7.16. The molecule has 1 N–H and O–H groups in total. The smallest absolute Gasteiger partial charge is 0.256 e. The van der Waals surface area contributed by atoms with Crippen LogP contribution in [0, 0.1) is 13.8 Å². The zero-order valence-electron chi connectivity index (χ0n) is 17.0. The Bertz CT molecular complexity index is 963. The van der Waals surface area contributed by atoms with Crippen molar-refractivity contribution in [2.45, 2.75) is 39.2 Å². The van der Waals surface area contributed by atoms with Gasteiger partial charge in [0.15, 0.2) is 0 Å². The van der Waals surface area contributed by atoms with E-state index < -0.39 is 0 Å². The summed E-state index contributed by atoms with van der Waals surface area (Å²) in [7, 11) is 0. The van der Waals surface area contributed by atoms with Crippen LogP contribution in [0.5, 0.6) is 0 Å². The number of aromatic nitrogens is 1. The van der Waals surface area contributed by atoms with E-state index >= 15 is 0 Å². The summed E-state index contributed by atoms with van der Waals surface area (Å²) in [6.07, 6.45) is 5.56. The highest BCUT2D eigenvalue weighted by Gasteiger charge is 2.31. The van der Waals surface area contributed by atoms with E-state index in [1.54, 1.807) is 11.3 Å². The molecule has 29 heavy (non-hydrogen) atoms. The number of aryl methyl sites for hydroxylation is 1. The summed E-state index contributed by atoms with van der Waals surface area (Å²) in [5.74, 6) is -0.0634. The second kappa shape index (κ2) is 8.89. The minimum atomic E-state index is -0.0634. The summed E-state index contributed by atoms with van der Waals surface area (Å²) in [5.41, 5.74) is 4.16. The van der Waals surface area contributed by atoms with Gasteiger partial charge in [-0.2, -0.15) is 0 Å². The molecule has 1 aliphatic rings. The van der Waals surface area contributed by atoms with Crippen molar-refractivity contribution < 1.29 is 4.79 Å². The third kappa shape index (κ3) is 4.26. The van der Waals surface area contributed by atoms with Crippen LogP contribution in [0.2, 0.25) is 0 Å². The molecule has 0 aliphatic carbocycles. The molecule has 0 saturated carbocycles. The first kappa shape index (κ1) is 19.8. The number of thiophene rings is 1. The van der Waals surface area contributed by atoms with Gasteiger partial charge in [-0.25, -0.2) is 0 Å². The Balaban J connectivity index is 1.75. The molecule has 4 rings (SSSR count).